The first-order chi connectivity index (χ1) is 12.2. The number of fused-ring (bicyclic) bond motifs is 2. The fourth-order valence-electron chi connectivity index (χ4n) is 2.55. The molecular formula is C18H17FN4O2. The Hall–Kier alpha value is -2.93. The van der Waals surface area contributed by atoms with E-state index in [2.05, 4.69) is 10.1 Å². The number of benzene rings is 1. The number of hydrogen-bond acceptors (Lipinski definition) is 5. The summed E-state index contributed by atoms with van der Waals surface area (Å²) in [5.74, 6) is 0.797. The van der Waals surface area contributed by atoms with Crippen LogP contribution in [-0.4, -0.2) is 27.7 Å². The zero-order valence-corrected chi connectivity index (χ0v) is 13.6. The van der Waals surface area contributed by atoms with Crippen LogP contribution in [-0.2, 0) is 0 Å². The topological polar surface area (TPSA) is 78.6 Å². The molecule has 0 saturated carbocycles. The number of halogens is 1. The minimum atomic E-state index is -0.398. The predicted molar refractivity (Wildman–Crippen MR) is 91.9 cm³/mol. The first-order valence-corrected chi connectivity index (χ1v) is 8.02. The van der Waals surface area contributed by atoms with Crippen LogP contribution in [0.1, 0.15) is 6.92 Å². The number of rotatable bonds is 5. The van der Waals surface area contributed by atoms with Crippen LogP contribution in [0.25, 0.3) is 28.1 Å². The molecule has 2 N–H and O–H groups in total. The van der Waals surface area contributed by atoms with E-state index in [-0.39, 0.29) is 11.5 Å². The second-order valence-electron chi connectivity index (χ2n) is 6.01. The maximum absolute atomic E-state index is 13.9. The van der Waals surface area contributed by atoms with Crippen molar-refractivity contribution in [3.05, 3.63) is 48.4 Å². The number of aromatic nitrogens is 3. The van der Waals surface area contributed by atoms with Crippen LogP contribution >= 0.6 is 0 Å². The summed E-state index contributed by atoms with van der Waals surface area (Å²) in [6.07, 6.45) is 1.64. The van der Waals surface area contributed by atoms with Gasteiger partial charge < -0.3 is 14.9 Å². The zero-order chi connectivity index (χ0) is 17.4. The molecular weight excluding hydrogens is 323 g/mol. The fraction of sp³-hybridized carbons (Fsp3) is 0.222. The van der Waals surface area contributed by atoms with Gasteiger partial charge in [-0.15, -0.1) is 5.10 Å². The van der Waals surface area contributed by atoms with Crippen molar-refractivity contribution in [3.8, 4) is 17.3 Å². The van der Waals surface area contributed by atoms with E-state index in [4.69, 9.17) is 14.9 Å². The number of hydrogen-bond donors (Lipinski definition) is 1. The van der Waals surface area contributed by atoms with Gasteiger partial charge in [-0.25, -0.2) is 13.9 Å². The number of nitrogens with two attached hydrogens (primary N) is 1. The molecule has 0 aliphatic heterocycles. The molecule has 4 rings (SSSR count). The molecule has 3 heterocycles. The third-order valence-electron chi connectivity index (χ3n) is 4.00. The Kier molecular flexibility index (Phi) is 3.85. The summed E-state index contributed by atoms with van der Waals surface area (Å²) >= 11 is 0. The normalized spacial score (nSPS) is 12.8. The number of ether oxygens (including phenoxy) is 1. The first kappa shape index (κ1) is 15.6. The maximum atomic E-state index is 13.9. The number of furan rings is 1. The van der Waals surface area contributed by atoms with Crippen molar-refractivity contribution in [1.29, 1.82) is 0 Å². The van der Waals surface area contributed by atoms with Gasteiger partial charge in [-0.1, -0.05) is 19.1 Å². The largest absolute Gasteiger partial charge is 0.476 e. The molecule has 0 fully saturated rings. The summed E-state index contributed by atoms with van der Waals surface area (Å²) < 4.78 is 26.8. The van der Waals surface area contributed by atoms with Gasteiger partial charge in [-0.05, 0) is 24.7 Å². The highest BCUT2D eigenvalue weighted by molar-refractivity contribution is 5.82. The Morgan fingerprint density at radius 3 is 3.00 bits per heavy atom. The summed E-state index contributed by atoms with van der Waals surface area (Å²) in [5, 5.41) is 5.14. The minimum absolute atomic E-state index is 0.219. The summed E-state index contributed by atoms with van der Waals surface area (Å²) in [6.45, 7) is 3.03. The molecule has 0 saturated heterocycles. The summed E-state index contributed by atoms with van der Waals surface area (Å²) in [4.78, 5) is 4.31. The predicted octanol–water partition coefficient (Wildman–Crippen LogP) is 3.26. The van der Waals surface area contributed by atoms with E-state index in [1.165, 1.54) is 6.07 Å². The summed E-state index contributed by atoms with van der Waals surface area (Å²) in [7, 11) is 0. The molecule has 0 unspecified atom stereocenters. The van der Waals surface area contributed by atoms with E-state index < -0.39 is 5.82 Å². The average Bonchev–Trinajstić information content (AvgIpc) is 3.23. The van der Waals surface area contributed by atoms with Crippen molar-refractivity contribution in [2.45, 2.75) is 6.92 Å². The van der Waals surface area contributed by atoms with Crippen molar-refractivity contribution in [3.63, 3.8) is 0 Å². The highest BCUT2D eigenvalue weighted by atomic mass is 19.1. The van der Waals surface area contributed by atoms with E-state index in [9.17, 15) is 4.39 Å². The molecule has 3 aromatic heterocycles. The summed E-state index contributed by atoms with van der Waals surface area (Å²) in [6, 6.07) is 10.1. The van der Waals surface area contributed by atoms with E-state index in [0.717, 1.165) is 0 Å². The summed E-state index contributed by atoms with van der Waals surface area (Å²) in [5.41, 5.74) is 7.10. The molecule has 0 bridgehead atoms. The molecule has 0 aliphatic carbocycles. The Labute approximate surface area is 143 Å². The Morgan fingerprint density at radius 2 is 2.20 bits per heavy atom. The van der Waals surface area contributed by atoms with Gasteiger partial charge in [0, 0.05) is 17.4 Å². The van der Waals surface area contributed by atoms with Crippen LogP contribution in [0.2, 0.25) is 0 Å². The number of nitrogens with zero attached hydrogens (tertiary/aromatic N) is 3. The fourth-order valence-corrected chi connectivity index (χ4v) is 2.55. The van der Waals surface area contributed by atoms with Crippen LogP contribution in [0.3, 0.4) is 0 Å². The van der Waals surface area contributed by atoms with Crippen LogP contribution in [0, 0.1) is 11.7 Å². The van der Waals surface area contributed by atoms with E-state index >= 15 is 0 Å². The Balaban J connectivity index is 1.74. The monoisotopic (exact) mass is 340 g/mol. The molecule has 1 aromatic carbocycles. The molecule has 7 heteroatoms. The lowest BCUT2D eigenvalue weighted by Gasteiger charge is -2.10. The van der Waals surface area contributed by atoms with E-state index in [0.29, 0.717) is 41.5 Å². The Bertz CT molecular complexity index is 1040. The van der Waals surface area contributed by atoms with Crippen LogP contribution in [0.15, 0.2) is 47.0 Å². The third-order valence-corrected chi connectivity index (χ3v) is 4.00. The number of para-hydroxylation sites is 1. The van der Waals surface area contributed by atoms with Gasteiger partial charge in [0.15, 0.2) is 22.8 Å². The molecule has 6 nitrogen and oxygen atoms in total. The van der Waals surface area contributed by atoms with Gasteiger partial charge in [0.05, 0.1) is 12.8 Å². The molecule has 0 amide bonds. The molecule has 1 atom stereocenters. The van der Waals surface area contributed by atoms with Crippen LogP contribution in [0.4, 0.5) is 4.39 Å². The minimum Gasteiger partial charge on any atom is -0.476 e. The standard InChI is InChI=1S/C18H17FN4O2/c1-11(8-20)10-24-17-6-5-16-21-9-14(23(16)22-17)15-7-12-3-2-4-13(19)18(12)25-15/h2-7,9,11H,8,10,20H2,1H3/t11-/m1/s1. The van der Waals surface area contributed by atoms with Gasteiger partial charge in [0.2, 0.25) is 5.88 Å². The van der Waals surface area contributed by atoms with Gasteiger partial charge >= 0.3 is 0 Å². The van der Waals surface area contributed by atoms with Gasteiger partial charge in [0.25, 0.3) is 0 Å². The molecule has 0 radical (unpaired) electrons. The lowest BCUT2D eigenvalue weighted by Crippen LogP contribution is -2.18. The van der Waals surface area contributed by atoms with Crippen molar-refractivity contribution < 1.29 is 13.5 Å². The van der Waals surface area contributed by atoms with Gasteiger partial charge in [-0.3, -0.25) is 0 Å². The maximum Gasteiger partial charge on any atom is 0.231 e. The van der Waals surface area contributed by atoms with E-state index in [1.807, 2.05) is 13.0 Å². The van der Waals surface area contributed by atoms with Crippen LogP contribution < -0.4 is 10.5 Å². The second kappa shape index (κ2) is 6.18. The molecule has 0 aliphatic rings. The highest BCUT2D eigenvalue weighted by Gasteiger charge is 2.15. The molecule has 0 spiro atoms. The smallest absolute Gasteiger partial charge is 0.231 e. The lowest BCUT2D eigenvalue weighted by molar-refractivity contribution is 0.251. The SMILES string of the molecule is C[C@H](CN)COc1ccc2ncc(-c3cc4cccc(F)c4o3)n2n1. The van der Waals surface area contributed by atoms with Crippen LogP contribution in [0.5, 0.6) is 5.88 Å². The average molecular weight is 340 g/mol. The van der Waals surface area contributed by atoms with E-state index in [1.54, 1.807) is 35.0 Å². The Morgan fingerprint density at radius 1 is 1.32 bits per heavy atom. The lowest BCUT2D eigenvalue weighted by atomic mass is 10.2. The quantitative estimate of drug-likeness (QED) is 0.603. The molecule has 128 valence electrons. The van der Waals surface area contributed by atoms with Crippen molar-refractivity contribution in [1.82, 2.24) is 14.6 Å². The third kappa shape index (κ3) is 2.83. The van der Waals surface area contributed by atoms with Gasteiger partial charge in [-0.2, -0.15) is 0 Å². The van der Waals surface area contributed by atoms with Crippen molar-refractivity contribution in [2.24, 2.45) is 11.7 Å². The first-order valence-electron chi connectivity index (χ1n) is 8.02. The van der Waals surface area contributed by atoms with Crippen molar-refractivity contribution >= 4 is 16.6 Å². The van der Waals surface area contributed by atoms with Crippen molar-refractivity contribution in [2.75, 3.05) is 13.2 Å². The second-order valence-corrected chi connectivity index (χ2v) is 6.01. The number of imidazole rings is 1. The zero-order valence-electron chi connectivity index (χ0n) is 13.6. The van der Waals surface area contributed by atoms with Gasteiger partial charge in [0.1, 0.15) is 5.69 Å². The molecule has 4 aromatic rings. The highest BCUT2D eigenvalue weighted by Crippen LogP contribution is 2.29. The molecule has 25 heavy (non-hydrogen) atoms.